The number of anilines is 1. The Kier molecular flexibility index (Phi) is 7.65. The molecule has 3 amide bonds. The second kappa shape index (κ2) is 10.4. The molecule has 0 aromatic heterocycles. The van der Waals surface area contributed by atoms with Gasteiger partial charge in [-0.3, -0.25) is 19.3 Å². The van der Waals surface area contributed by atoms with E-state index in [0.717, 1.165) is 11.3 Å². The van der Waals surface area contributed by atoms with Crippen LogP contribution in [0.3, 0.4) is 0 Å². The van der Waals surface area contributed by atoms with Crippen LogP contribution in [-0.2, 0) is 28.7 Å². The van der Waals surface area contributed by atoms with Gasteiger partial charge in [0, 0.05) is 15.3 Å². The first-order valence-corrected chi connectivity index (χ1v) is 13.4. The molecular weight excluding hydrogens is 588 g/mol. The highest BCUT2D eigenvalue weighted by molar-refractivity contribution is 9.12. The van der Waals surface area contributed by atoms with Gasteiger partial charge < -0.3 is 14.8 Å². The Morgan fingerprint density at radius 3 is 2.14 bits per heavy atom. The number of likely N-dealkylation sites (tertiary alicyclic amines) is 1. The SMILES string of the molecule is CCCOC(=O)c1ccc(NC(=O)COC(=O)[C@H](C)N2C(=O)[C@@H]3[C@H]4C[C@@H]([C@H](Br)[C@H]4Br)[C@H]3C2=O)cc1. The smallest absolute Gasteiger partial charge is 0.338 e. The highest BCUT2D eigenvalue weighted by atomic mass is 79.9. The van der Waals surface area contributed by atoms with Gasteiger partial charge in [0.1, 0.15) is 6.04 Å². The highest BCUT2D eigenvalue weighted by Crippen LogP contribution is 2.60. The number of nitrogens with zero attached hydrogens (tertiary/aromatic N) is 1. The van der Waals surface area contributed by atoms with Crippen molar-refractivity contribution in [1.29, 1.82) is 0 Å². The minimum Gasteiger partial charge on any atom is -0.462 e. The molecule has 1 aromatic rings. The first-order valence-electron chi connectivity index (χ1n) is 11.5. The number of benzene rings is 1. The molecule has 2 bridgehead atoms. The lowest BCUT2D eigenvalue weighted by Gasteiger charge is -2.28. The maximum absolute atomic E-state index is 13.0. The predicted molar refractivity (Wildman–Crippen MR) is 132 cm³/mol. The average Bonchev–Trinajstić information content (AvgIpc) is 3.45. The molecule has 35 heavy (non-hydrogen) atoms. The Morgan fingerprint density at radius 1 is 1.03 bits per heavy atom. The van der Waals surface area contributed by atoms with E-state index >= 15 is 0 Å². The number of hydrogen-bond donors (Lipinski definition) is 1. The van der Waals surface area contributed by atoms with Crippen LogP contribution < -0.4 is 5.32 Å². The number of ether oxygens (including phenoxy) is 2. The minimum atomic E-state index is -1.12. The molecule has 9 nitrogen and oxygen atoms in total. The number of imide groups is 1. The molecule has 11 heteroatoms. The van der Waals surface area contributed by atoms with Crippen molar-refractivity contribution in [3.8, 4) is 0 Å². The fourth-order valence-corrected chi connectivity index (χ4v) is 7.15. The fourth-order valence-electron chi connectivity index (χ4n) is 5.28. The summed E-state index contributed by atoms with van der Waals surface area (Å²) in [7, 11) is 0. The summed E-state index contributed by atoms with van der Waals surface area (Å²) < 4.78 is 10.1. The molecule has 0 unspecified atom stereocenters. The molecule has 1 aromatic carbocycles. The van der Waals surface area contributed by atoms with Crippen LogP contribution in [0.1, 0.15) is 37.0 Å². The van der Waals surface area contributed by atoms with Gasteiger partial charge in [-0.05, 0) is 55.9 Å². The topological polar surface area (TPSA) is 119 Å². The molecule has 4 rings (SSSR count). The number of halogens is 2. The minimum absolute atomic E-state index is 0.0460. The summed E-state index contributed by atoms with van der Waals surface area (Å²) >= 11 is 7.26. The number of fused-ring (bicyclic) bond motifs is 5. The number of carbonyl (C=O) groups excluding carboxylic acids is 5. The number of esters is 2. The first-order chi connectivity index (χ1) is 16.6. The summed E-state index contributed by atoms with van der Waals surface area (Å²) in [5.74, 6) is -3.31. The molecule has 1 heterocycles. The molecule has 0 radical (unpaired) electrons. The zero-order chi connectivity index (χ0) is 25.4. The normalized spacial score (nSPS) is 29.7. The van der Waals surface area contributed by atoms with Gasteiger partial charge in [0.15, 0.2) is 6.61 Å². The van der Waals surface area contributed by atoms with Gasteiger partial charge in [0.25, 0.3) is 5.91 Å². The van der Waals surface area contributed by atoms with E-state index in [-0.39, 0.29) is 33.3 Å². The summed E-state index contributed by atoms with van der Waals surface area (Å²) in [4.78, 5) is 64.0. The number of hydrogen-bond acceptors (Lipinski definition) is 7. The van der Waals surface area contributed by atoms with Crippen molar-refractivity contribution in [1.82, 2.24) is 4.90 Å². The van der Waals surface area contributed by atoms with Gasteiger partial charge in [-0.2, -0.15) is 0 Å². The summed E-state index contributed by atoms with van der Waals surface area (Å²) in [5.41, 5.74) is 0.764. The number of rotatable bonds is 8. The molecule has 2 saturated carbocycles. The van der Waals surface area contributed by atoms with E-state index in [2.05, 4.69) is 37.2 Å². The zero-order valence-electron chi connectivity index (χ0n) is 19.2. The molecule has 7 atom stereocenters. The Labute approximate surface area is 219 Å². The van der Waals surface area contributed by atoms with Crippen molar-refractivity contribution < 1.29 is 33.4 Å². The van der Waals surface area contributed by atoms with Gasteiger partial charge in [-0.1, -0.05) is 38.8 Å². The number of carbonyl (C=O) groups is 5. The molecule has 1 aliphatic heterocycles. The molecule has 1 saturated heterocycles. The van der Waals surface area contributed by atoms with Crippen LogP contribution in [0.25, 0.3) is 0 Å². The standard InChI is InChI=1S/C24H26Br2N2O7/c1-3-8-34-24(33)12-4-6-13(7-5-12)27-16(29)10-35-23(32)11(2)28-21(30)17-14-9-15(18(17)22(28)31)20(26)19(14)25/h4-7,11,14-15,17-20H,3,8-10H2,1-2H3,(H,27,29)/t11-,14+,15+,17+,18+,19-,20-/m0/s1. The number of amides is 3. The van der Waals surface area contributed by atoms with Crippen LogP contribution in [0.4, 0.5) is 5.69 Å². The quantitative estimate of drug-likeness (QED) is 0.272. The van der Waals surface area contributed by atoms with E-state index in [1.165, 1.54) is 31.2 Å². The van der Waals surface area contributed by atoms with Crippen molar-refractivity contribution in [2.75, 3.05) is 18.5 Å². The van der Waals surface area contributed by atoms with Crippen molar-refractivity contribution in [2.45, 2.75) is 42.4 Å². The van der Waals surface area contributed by atoms with Crippen LogP contribution >= 0.6 is 31.9 Å². The lowest BCUT2D eigenvalue weighted by molar-refractivity contribution is -0.159. The van der Waals surface area contributed by atoms with E-state index in [4.69, 9.17) is 9.47 Å². The second-order valence-corrected chi connectivity index (χ2v) is 11.2. The molecule has 1 N–H and O–H groups in total. The third kappa shape index (κ3) is 4.76. The van der Waals surface area contributed by atoms with E-state index in [0.29, 0.717) is 24.3 Å². The van der Waals surface area contributed by atoms with Gasteiger partial charge in [-0.25, -0.2) is 9.59 Å². The van der Waals surface area contributed by atoms with Crippen LogP contribution in [-0.4, -0.2) is 63.5 Å². The number of alkyl halides is 2. The van der Waals surface area contributed by atoms with Gasteiger partial charge in [0.05, 0.1) is 24.0 Å². The highest BCUT2D eigenvalue weighted by Gasteiger charge is 2.67. The summed E-state index contributed by atoms with van der Waals surface area (Å²) in [6.07, 6.45) is 1.51. The van der Waals surface area contributed by atoms with E-state index < -0.39 is 42.3 Å². The maximum Gasteiger partial charge on any atom is 0.338 e. The molecular formula is C24H26Br2N2O7. The van der Waals surface area contributed by atoms with Crippen LogP contribution in [0.15, 0.2) is 24.3 Å². The molecule has 0 spiro atoms. The van der Waals surface area contributed by atoms with Gasteiger partial charge in [0.2, 0.25) is 11.8 Å². The summed E-state index contributed by atoms with van der Waals surface area (Å²) in [5, 5.41) is 2.57. The van der Waals surface area contributed by atoms with Gasteiger partial charge in [-0.15, -0.1) is 0 Å². The van der Waals surface area contributed by atoms with E-state index in [1.54, 1.807) is 0 Å². The Bertz CT molecular complexity index is 1010. The van der Waals surface area contributed by atoms with Gasteiger partial charge >= 0.3 is 11.9 Å². The van der Waals surface area contributed by atoms with Crippen LogP contribution in [0, 0.1) is 23.7 Å². The van der Waals surface area contributed by atoms with Crippen molar-refractivity contribution in [3.05, 3.63) is 29.8 Å². The van der Waals surface area contributed by atoms with Crippen LogP contribution in [0.2, 0.25) is 0 Å². The van der Waals surface area contributed by atoms with E-state index in [1.807, 2.05) is 6.92 Å². The molecule has 3 aliphatic rings. The van der Waals surface area contributed by atoms with Crippen molar-refractivity contribution >= 4 is 67.2 Å². The molecule has 188 valence electrons. The monoisotopic (exact) mass is 612 g/mol. The van der Waals surface area contributed by atoms with Crippen LogP contribution in [0.5, 0.6) is 0 Å². The van der Waals surface area contributed by atoms with Crippen molar-refractivity contribution in [2.24, 2.45) is 23.7 Å². The maximum atomic E-state index is 13.0. The zero-order valence-corrected chi connectivity index (χ0v) is 22.4. The third-order valence-corrected chi connectivity index (χ3v) is 10.1. The fraction of sp³-hybridized carbons (Fsp3) is 0.542. The number of nitrogens with one attached hydrogen (secondary N) is 1. The molecule has 2 aliphatic carbocycles. The predicted octanol–water partition coefficient (Wildman–Crippen LogP) is 2.90. The summed E-state index contributed by atoms with van der Waals surface area (Å²) in [6, 6.07) is 4.99. The Hall–Kier alpha value is -2.27. The third-order valence-electron chi connectivity index (χ3n) is 6.94. The Balaban J connectivity index is 1.29. The average molecular weight is 614 g/mol. The van der Waals surface area contributed by atoms with E-state index in [9.17, 15) is 24.0 Å². The first kappa shape index (κ1) is 25.8. The lowest BCUT2D eigenvalue weighted by atomic mass is 9.81. The lowest BCUT2D eigenvalue weighted by Crippen LogP contribution is -2.45. The second-order valence-electron chi connectivity index (χ2n) is 9.10. The van der Waals surface area contributed by atoms with Crippen molar-refractivity contribution in [3.63, 3.8) is 0 Å². The largest absolute Gasteiger partial charge is 0.462 e. The molecule has 3 fully saturated rings. The summed E-state index contributed by atoms with van der Waals surface area (Å²) in [6.45, 7) is 3.08. The Morgan fingerprint density at radius 2 is 1.60 bits per heavy atom.